The normalized spacial score (nSPS) is 14.2. The summed E-state index contributed by atoms with van der Waals surface area (Å²) in [7, 11) is 0.647. The van der Waals surface area contributed by atoms with Gasteiger partial charge in [0.15, 0.2) is 18.8 Å². The Hall–Kier alpha value is -1.88. The van der Waals surface area contributed by atoms with Crippen molar-refractivity contribution in [3.63, 3.8) is 0 Å². The molecule has 0 amide bonds. The summed E-state index contributed by atoms with van der Waals surface area (Å²) < 4.78 is 32.9. The van der Waals surface area contributed by atoms with E-state index < -0.39 is 11.6 Å². The van der Waals surface area contributed by atoms with Crippen molar-refractivity contribution in [2.45, 2.75) is 51.9 Å². The molecule has 0 saturated carbocycles. The molecular formula is C23H30BF2NO. The molecule has 0 aliphatic heterocycles. The van der Waals surface area contributed by atoms with Crippen molar-refractivity contribution in [1.29, 1.82) is 0 Å². The van der Waals surface area contributed by atoms with Gasteiger partial charge in [0.25, 0.3) is 0 Å². The first-order chi connectivity index (χ1) is 13.4. The molecule has 2 nitrogen and oxygen atoms in total. The van der Waals surface area contributed by atoms with Gasteiger partial charge in [-0.2, -0.15) is 4.39 Å². The van der Waals surface area contributed by atoms with E-state index in [0.717, 1.165) is 37.7 Å². The van der Waals surface area contributed by atoms with Crippen LogP contribution in [0.5, 0.6) is 5.75 Å². The monoisotopic (exact) mass is 385 g/mol. The minimum atomic E-state index is -0.897. The SMILES string of the molecule is CBc1cc(F)c(F)c(OCCCNC(C)(C)CC2Cc3ccccc3C2)c1. The van der Waals surface area contributed by atoms with Gasteiger partial charge in [0.05, 0.1) is 6.61 Å². The molecule has 150 valence electrons. The smallest absolute Gasteiger partial charge is 0.200 e. The number of rotatable bonds is 9. The van der Waals surface area contributed by atoms with Gasteiger partial charge in [-0.05, 0) is 75.3 Å². The summed E-state index contributed by atoms with van der Waals surface area (Å²) in [6.45, 7) is 7.52. The number of nitrogens with one attached hydrogen (secondary N) is 1. The van der Waals surface area contributed by atoms with E-state index in [4.69, 9.17) is 4.74 Å². The molecule has 0 unspecified atom stereocenters. The fourth-order valence-electron chi connectivity index (χ4n) is 4.20. The molecule has 0 spiro atoms. The van der Waals surface area contributed by atoms with Crippen LogP contribution in [0.15, 0.2) is 36.4 Å². The van der Waals surface area contributed by atoms with E-state index in [0.29, 0.717) is 19.8 Å². The third-order valence-corrected chi connectivity index (χ3v) is 5.58. The maximum Gasteiger partial charge on any atom is 0.200 e. The van der Waals surface area contributed by atoms with Crippen molar-refractivity contribution < 1.29 is 13.5 Å². The Morgan fingerprint density at radius 1 is 1.14 bits per heavy atom. The molecule has 2 aromatic carbocycles. The number of hydrogen-bond donors (Lipinski definition) is 1. The van der Waals surface area contributed by atoms with Crippen molar-refractivity contribution in [1.82, 2.24) is 5.32 Å². The molecule has 0 atom stereocenters. The number of ether oxygens (including phenoxy) is 1. The third-order valence-electron chi connectivity index (χ3n) is 5.58. The van der Waals surface area contributed by atoms with Crippen molar-refractivity contribution in [2.75, 3.05) is 13.2 Å². The van der Waals surface area contributed by atoms with E-state index in [-0.39, 0.29) is 11.3 Å². The topological polar surface area (TPSA) is 21.3 Å². The summed E-state index contributed by atoms with van der Waals surface area (Å²) in [5, 5.41) is 3.60. The number of fused-ring (bicyclic) bond motifs is 1. The summed E-state index contributed by atoms with van der Waals surface area (Å²) in [6, 6.07) is 11.5. The van der Waals surface area contributed by atoms with Gasteiger partial charge in [-0.15, -0.1) is 0 Å². The molecule has 0 bridgehead atoms. The van der Waals surface area contributed by atoms with Crippen LogP contribution in [0, 0.1) is 17.6 Å². The van der Waals surface area contributed by atoms with E-state index >= 15 is 0 Å². The summed E-state index contributed by atoms with van der Waals surface area (Å²) in [4.78, 5) is 0. The molecule has 0 radical (unpaired) electrons. The summed E-state index contributed by atoms with van der Waals surface area (Å²) in [6.07, 6.45) is 4.17. The number of benzene rings is 2. The molecule has 1 aliphatic rings. The predicted octanol–water partition coefficient (Wildman–Crippen LogP) is 4.02. The first-order valence-electron chi connectivity index (χ1n) is 10.3. The molecule has 0 saturated heterocycles. The molecule has 3 rings (SSSR count). The van der Waals surface area contributed by atoms with E-state index in [1.54, 1.807) is 6.07 Å². The molecular weight excluding hydrogens is 355 g/mol. The second-order valence-corrected chi connectivity index (χ2v) is 8.50. The van der Waals surface area contributed by atoms with Crippen molar-refractivity contribution in [3.8, 4) is 5.75 Å². The van der Waals surface area contributed by atoms with Crippen LogP contribution in [0.3, 0.4) is 0 Å². The summed E-state index contributed by atoms with van der Waals surface area (Å²) in [5.41, 5.74) is 3.75. The molecule has 1 N–H and O–H groups in total. The van der Waals surface area contributed by atoms with Gasteiger partial charge < -0.3 is 10.1 Å². The number of hydrogen-bond acceptors (Lipinski definition) is 2. The first kappa shape index (κ1) is 20.8. The largest absolute Gasteiger partial charge is 0.490 e. The van der Waals surface area contributed by atoms with E-state index in [2.05, 4.69) is 43.4 Å². The van der Waals surface area contributed by atoms with Gasteiger partial charge in [0, 0.05) is 5.54 Å². The minimum absolute atomic E-state index is 0.0137. The average molecular weight is 385 g/mol. The summed E-state index contributed by atoms with van der Waals surface area (Å²) in [5.74, 6) is -1.05. The molecule has 0 fully saturated rings. The fraction of sp³-hybridized carbons (Fsp3) is 0.478. The van der Waals surface area contributed by atoms with Gasteiger partial charge in [-0.1, -0.05) is 36.6 Å². The zero-order chi connectivity index (χ0) is 20.1. The Morgan fingerprint density at radius 3 is 2.46 bits per heavy atom. The molecule has 1 aliphatic carbocycles. The highest BCUT2D eigenvalue weighted by Crippen LogP contribution is 2.31. The van der Waals surface area contributed by atoms with Crippen LogP contribution in [0.1, 0.15) is 37.8 Å². The van der Waals surface area contributed by atoms with Crippen molar-refractivity contribution >= 4 is 12.7 Å². The maximum atomic E-state index is 13.8. The molecule has 0 aromatic heterocycles. The Balaban J connectivity index is 1.41. The van der Waals surface area contributed by atoms with Crippen LogP contribution in [-0.2, 0) is 12.8 Å². The van der Waals surface area contributed by atoms with Crippen LogP contribution in [0.4, 0.5) is 8.78 Å². The standard InChI is InChI=1S/C23H30BF2NO/c1-23(2,15-16-11-17-7-4-5-8-18(17)12-16)27-9-6-10-28-21-14-19(24-3)13-20(25)22(21)26/h4-5,7-8,13-14,16,24,27H,6,9-12,15H2,1-3H3. The maximum absolute atomic E-state index is 13.8. The second kappa shape index (κ2) is 9.08. The van der Waals surface area contributed by atoms with Gasteiger partial charge in [-0.3, -0.25) is 0 Å². The van der Waals surface area contributed by atoms with Gasteiger partial charge in [0.1, 0.15) is 0 Å². The highest BCUT2D eigenvalue weighted by atomic mass is 19.2. The van der Waals surface area contributed by atoms with Gasteiger partial charge in [-0.25, -0.2) is 4.39 Å². The quantitative estimate of drug-likeness (QED) is 0.520. The van der Waals surface area contributed by atoms with Crippen LogP contribution in [0.25, 0.3) is 0 Å². The predicted molar refractivity (Wildman–Crippen MR) is 113 cm³/mol. The minimum Gasteiger partial charge on any atom is -0.490 e. The highest BCUT2D eigenvalue weighted by Gasteiger charge is 2.27. The highest BCUT2D eigenvalue weighted by molar-refractivity contribution is 6.51. The van der Waals surface area contributed by atoms with E-state index in [1.807, 2.05) is 6.82 Å². The van der Waals surface area contributed by atoms with Crippen LogP contribution < -0.4 is 15.5 Å². The number of halogens is 2. The Morgan fingerprint density at radius 2 is 1.82 bits per heavy atom. The first-order valence-corrected chi connectivity index (χ1v) is 10.3. The van der Waals surface area contributed by atoms with Crippen molar-refractivity contribution in [3.05, 3.63) is 59.2 Å². The summed E-state index contributed by atoms with van der Waals surface area (Å²) >= 11 is 0. The van der Waals surface area contributed by atoms with Crippen LogP contribution in [0.2, 0.25) is 6.82 Å². The zero-order valence-electron chi connectivity index (χ0n) is 17.2. The second-order valence-electron chi connectivity index (χ2n) is 8.50. The Kier molecular flexibility index (Phi) is 6.76. The van der Waals surface area contributed by atoms with Gasteiger partial charge in [0.2, 0.25) is 5.82 Å². The Bertz CT molecular complexity index is 784. The lowest BCUT2D eigenvalue weighted by atomic mass is 9.73. The lowest BCUT2D eigenvalue weighted by Crippen LogP contribution is -2.42. The van der Waals surface area contributed by atoms with Crippen LogP contribution in [-0.4, -0.2) is 26.0 Å². The van der Waals surface area contributed by atoms with Crippen molar-refractivity contribution in [2.24, 2.45) is 5.92 Å². The lowest BCUT2D eigenvalue weighted by Gasteiger charge is -2.29. The van der Waals surface area contributed by atoms with Crippen LogP contribution >= 0.6 is 0 Å². The third kappa shape index (κ3) is 5.35. The molecule has 28 heavy (non-hydrogen) atoms. The van der Waals surface area contributed by atoms with E-state index in [1.165, 1.54) is 17.2 Å². The van der Waals surface area contributed by atoms with Gasteiger partial charge >= 0.3 is 0 Å². The molecule has 0 heterocycles. The van der Waals surface area contributed by atoms with E-state index in [9.17, 15) is 8.78 Å². The zero-order valence-corrected chi connectivity index (χ0v) is 17.2. The molecule has 2 aromatic rings. The molecule has 5 heteroatoms. The Labute approximate surface area is 167 Å². The lowest BCUT2D eigenvalue weighted by molar-refractivity contribution is 0.264. The average Bonchev–Trinajstić information content (AvgIpc) is 3.05. The fourth-order valence-corrected chi connectivity index (χ4v) is 4.20.